The highest BCUT2D eigenvalue weighted by atomic mass is 16.4. The highest BCUT2D eigenvalue weighted by Crippen LogP contribution is 2.10. The largest absolute Gasteiger partial charge is 0.481 e. The second-order valence-electron chi connectivity index (χ2n) is 4.73. The molecule has 0 aromatic heterocycles. The second kappa shape index (κ2) is 7.45. The normalized spacial score (nSPS) is 12.1. The third-order valence-electron chi connectivity index (χ3n) is 2.92. The Kier molecular flexibility index (Phi) is 5.93. The van der Waals surface area contributed by atoms with Crippen LogP contribution in [0.15, 0.2) is 36.9 Å². The molecule has 0 heterocycles. The Balaban J connectivity index is 2.79. The van der Waals surface area contributed by atoms with Gasteiger partial charge in [-0.25, -0.2) is 4.79 Å². The smallest absolute Gasteiger partial charge is 0.335 e. The van der Waals surface area contributed by atoms with Crippen LogP contribution in [0, 0.1) is 5.92 Å². The number of carbonyl (C=O) groups is 2. The molecule has 0 saturated carbocycles. The minimum Gasteiger partial charge on any atom is -0.481 e. The molecule has 0 amide bonds. The standard InChI is InChI=1S/C15H19NO4/c1-3-7-16(9-11(2)14(17)18)10-12-5-4-6-13(8-12)15(19)20/h3-6,8,11H,1,7,9-10H2,2H3,(H,17,18)(H,19,20). The van der Waals surface area contributed by atoms with Crippen molar-refractivity contribution in [3.05, 3.63) is 48.0 Å². The van der Waals surface area contributed by atoms with Gasteiger partial charge in [0.25, 0.3) is 0 Å². The SMILES string of the molecule is C=CCN(Cc1cccc(C(=O)O)c1)CC(C)C(=O)O. The lowest BCUT2D eigenvalue weighted by molar-refractivity contribution is -0.141. The molecule has 0 radical (unpaired) electrons. The maximum atomic E-state index is 10.9. The van der Waals surface area contributed by atoms with E-state index in [4.69, 9.17) is 10.2 Å². The van der Waals surface area contributed by atoms with Gasteiger partial charge in [-0.05, 0) is 17.7 Å². The molecule has 1 aromatic carbocycles. The van der Waals surface area contributed by atoms with Gasteiger partial charge in [0.2, 0.25) is 0 Å². The Labute approximate surface area is 118 Å². The number of aromatic carboxylic acids is 1. The van der Waals surface area contributed by atoms with E-state index in [0.717, 1.165) is 5.56 Å². The van der Waals surface area contributed by atoms with E-state index in [2.05, 4.69) is 6.58 Å². The number of hydrogen-bond acceptors (Lipinski definition) is 3. The Morgan fingerprint density at radius 2 is 2.10 bits per heavy atom. The molecular formula is C15H19NO4. The number of carboxylic acid groups (broad SMARTS) is 2. The summed E-state index contributed by atoms with van der Waals surface area (Å²) < 4.78 is 0. The number of carboxylic acids is 2. The quantitative estimate of drug-likeness (QED) is 0.711. The van der Waals surface area contributed by atoms with E-state index in [0.29, 0.717) is 19.6 Å². The predicted molar refractivity (Wildman–Crippen MR) is 75.7 cm³/mol. The summed E-state index contributed by atoms with van der Waals surface area (Å²) in [6.45, 7) is 6.73. The maximum Gasteiger partial charge on any atom is 0.335 e. The van der Waals surface area contributed by atoms with Gasteiger partial charge in [0.05, 0.1) is 11.5 Å². The van der Waals surface area contributed by atoms with Crippen molar-refractivity contribution in [2.75, 3.05) is 13.1 Å². The molecule has 0 bridgehead atoms. The van der Waals surface area contributed by atoms with Crippen LogP contribution in [0.25, 0.3) is 0 Å². The lowest BCUT2D eigenvalue weighted by Gasteiger charge is -2.22. The van der Waals surface area contributed by atoms with Crippen LogP contribution in [0.4, 0.5) is 0 Å². The van der Waals surface area contributed by atoms with Gasteiger partial charge < -0.3 is 10.2 Å². The first-order valence-electron chi connectivity index (χ1n) is 6.32. The zero-order chi connectivity index (χ0) is 15.1. The minimum atomic E-state index is -0.971. The first-order valence-corrected chi connectivity index (χ1v) is 6.32. The monoisotopic (exact) mass is 277 g/mol. The van der Waals surface area contributed by atoms with E-state index in [9.17, 15) is 9.59 Å². The van der Waals surface area contributed by atoms with Crippen molar-refractivity contribution in [1.29, 1.82) is 0 Å². The van der Waals surface area contributed by atoms with E-state index in [1.165, 1.54) is 6.07 Å². The van der Waals surface area contributed by atoms with Gasteiger partial charge in [-0.1, -0.05) is 25.1 Å². The molecule has 5 heteroatoms. The number of benzene rings is 1. The van der Waals surface area contributed by atoms with Gasteiger partial charge in [-0.15, -0.1) is 6.58 Å². The molecular weight excluding hydrogens is 258 g/mol. The van der Waals surface area contributed by atoms with Crippen LogP contribution in [0.2, 0.25) is 0 Å². The lowest BCUT2D eigenvalue weighted by Crippen LogP contribution is -2.31. The average Bonchev–Trinajstić information content (AvgIpc) is 2.39. The van der Waals surface area contributed by atoms with Crippen molar-refractivity contribution in [2.24, 2.45) is 5.92 Å². The summed E-state index contributed by atoms with van der Waals surface area (Å²) in [7, 11) is 0. The molecule has 2 N–H and O–H groups in total. The fourth-order valence-electron chi connectivity index (χ4n) is 1.91. The molecule has 0 aliphatic carbocycles. The fourth-order valence-corrected chi connectivity index (χ4v) is 1.91. The first-order chi connectivity index (χ1) is 9.43. The average molecular weight is 277 g/mol. The highest BCUT2D eigenvalue weighted by molar-refractivity contribution is 5.87. The molecule has 0 aliphatic heterocycles. The molecule has 108 valence electrons. The van der Waals surface area contributed by atoms with Gasteiger partial charge in [0.1, 0.15) is 0 Å². The van der Waals surface area contributed by atoms with Crippen LogP contribution < -0.4 is 0 Å². The summed E-state index contributed by atoms with van der Waals surface area (Å²) in [5, 5.41) is 17.9. The van der Waals surface area contributed by atoms with Crippen LogP contribution in [-0.2, 0) is 11.3 Å². The molecule has 0 fully saturated rings. The van der Waals surface area contributed by atoms with E-state index in [1.807, 2.05) is 11.0 Å². The van der Waals surface area contributed by atoms with E-state index in [1.54, 1.807) is 25.1 Å². The summed E-state index contributed by atoms with van der Waals surface area (Å²) in [5.41, 5.74) is 1.07. The van der Waals surface area contributed by atoms with E-state index < -0.39 is 17.9 Å². The molecule has 0 saturated heterocycles. The first kappa shape index (κ1) is 15.9. The van der Waals surface area contributed by atoms with Crippen molar-refractivity contribution < 1.29 is 19.8 Å². The van der Waals surface area contributed by atoms with Crippen molar-refractivity contribution in [2.45, 2.75) is 13.5 Å². The van der Waals surface area contributed by atoms with Gasteiger partial charge in [-0.2, -0.15) is 0 Å². The number of aliphatic carboxylic acids is 1. The third kappa shape index (κ3) is 4.85. The van der Waals surface area contributed by atoms with Crippen molar-refractivity contribution >= 4 is 11.9 Å². The van der Waals surface area contributed by atoms with Crippen molar-refractivity contribution in [3.8, 4) is 0 Å². The number of nitrogens with zero attached hydrogens (tertiary/aromatic N) is 1. The Morgan fingerprint density at radius 3 is 2.65 bits per heavy atom. The maximum absolute atomic E-state index is 10.9. The van der Waals surface area contributed by atoms with Gasteiger partial charge in [-0.3, -0.25) is 9.69 Å². The zero-order valence-corrected chi connectivity index (χ0v) is 11.5. The van der Waals surface area contributed by atoms with Gasteiger partial charge >= 0.3 is 11.9 Å². The lowest BCUT2D eigenvalue weighted by atomic mass is 10.1. The topological polar surface area (TPSA) is 77.8 Å². The summed E-state index contributed by atoms with van der Waals surface area (Å²) in [4.78, 5) is 23.8. The number of rotatable bonds is 8. The van der Waals surface area contributed by atoms with Gasteiger partial charge in [0.15, 0.2) is 0 Å². The van der Waals surface area contributed by atoms with E-state index in [-0.39, 0.29) is 5.56 Å². The minimum absolute atomic E-state index is 0.229. The Bertz CT molecular complexity index is 498. The predicted octanol–water partition coefficient (Wildman–Crippen LogP) is 2.09. The summed E-state index contributed by atoms with van der Waals surface area (Å²) in [5.74, 6) is -2.31. The fraction of sp³-hybridized carbons (Fsp3) is 0.333. The van der Waals surface area contributed by atoms with Crippen LogP contribution in [0.1, 0.15) is 22.8 Å². The van der Waals surface area contributed by atoms with Crippen LogP contribution >= 0.6 is 0 Å². The van der Waals surface area contributed by atoms with E-state index >= 15 is 0 Å². The van der Waals surface area contributed by atoms with Crippen LogP contribution in [0.3, 0.4) is 0 Å². The molecule has 1 unspecified atom stereocenters. The molecule has 1 aromatic rings. The summed E-state index contributed by atoms with van der Waals surface area (Å²) in [6, 6.07) is 6.65. The molecule has 0 spiro atoms. The molecule has 1 rings (SSSR count). The summed E-state index contributed by atoms with van der Waals surface area (Å²) >= 11 is 0. The molecule has 20 heavy (non-hydrogen) atoms. The molecule has 5 nitrogen and oxygen atoms in total. The van der Waals surface area contributed by atoms with Crippen molar-refractivity contribution in [1.82, 2.24) is 4.90 Å². The number of hydrogen-bond donors (Lipinski definition) is 2. The Morgan fingerprint density at radius 1 is 1.40 bits per heavy atom. The molecule has 1 atom stereocenters. The van der Waals surface area contributed by atoms with Crippen molar-refractivity contribution in [3.63, 3.8) is 0 Å². The van der Waals surface area contributed by atoms with Gasteiger partial charge in [0, 0.05) is 19.6 Å². The summed E-state index contributed by atoms with van der Waals surface area (Å²) in [6.07, 6.45) is 1.70. The van der Waals surface area contributed by atoms with Crippen LogP contribution in [0.5, 0.6) is 0 Å². The zero-order valence-electron chi connectivity index (χ0n) is 11.5. The van der Waals surface area contributed by atoms with Crippen LogP contribution in [-0.4, -0.2) is 40.1 Å². The highest BCUT2D eigenvalue weighted by Gasteiger charge is 2.16. The molecule has 0 aliphatic rings. The Hall–Kier alpha value is -2.14. The third-order valence-corrected chi connectivity index (χ3v) is 2.92. The second-order valence-corrected chi connectivity index (χ2v) is 4.73.